The van der Waals surface area contributed by atoms with E-state index < -0.39 is 0 Å². The number of pyridine rings is 1. The van der Waals surface area contributed by atoms with Crippen LogP contribution < -0.4 is 5.32 Å². The monoisotopic (exact) mass is 250 g/mol. The largest absolute Gasteiger partial charge is 0.396 e. The molecule has 1 heterocycles. The van der Waals surface area contributed by atoms with Gasteiger partial charge in [-0.05, 0) is 30.4 Å². The maximum absolute atomic E-state index is 11.7. The summed E-state index contributed by atoms with van der Waals surface area (Å²) in [6, 6.07) is 3.72. The lowest BCUT2D eigenvalue weighted by Crippen LogP contribution is -2.31. The first-order chi connectivity index (χ1) is 8.76. The fraction of sp³-hybridized carbons (Fsp3) is 0.571. The molecule has 1 aromatic rings. The van der Waals surface area contributed by atoms with Crippen LogP contribution in [0.15, 0.2) is 24.5 Å². The summed E-state index contributed by atoms with van der Waals surface area (Å²) in [5.74, 6) is 0.389. The van der Waals surface area contributed by atoms with Crippen LogP contribution in [0.4, 0.5) is 0 Å². The smallest absolute Gasteiger partial charge is 0.224 e. The third kappa shape index (κ3) is 5.77. The number of aliphatic hydroxyl groups is 1. The lowest BCUT2D eigenvalue weighted by Gasteiger charge is -2.15. The SMILES string of the molecule is CCCC(CCO)CNC(=O)Cc1cccnc1. The zero-order valence-electron chi connectivity index (χ0n) is 10.9. The van der Waals surface area contributed by atoms with Crippen LogP contribution in [-0.2, 0) is 11.2 Å². The molecular formula is C14H22N2O2. The molecule has 4 nitrogen and oxygen atoms in total. The Morgan fingerprint density at radius 3 is 2.94 bits per heavy atom. The molecule has 0 aliphatic rings. The molecule has 0 fully saturated rings. The molecule has 0 aromatic carbocycles. The van der Waals surface area contributed by atoms with E-state index in [0.717, 1.165) is 24.8 Å². The first kappa shape index (κ1) is 14.6. The predicted molar refractivity (Wildman–Crippen MR) is 71.1 cm³/mol. The molecule has 0 saturated heterocycles. The number of nitrogens with one attached hydrogen (secondary N) is 1. The van der Waals surface area contributed by atoms with Gasteiger partial charge in [0, 0.05) is 25.5 Å². The highest BCUT2D eigenvalue weighted by Gasteiger charge is 2.09. The molecule has 1 atom stereocenters. The van der Waals surface area contributed by atoms with Crippen molar-refractivity contribution in [2.75, 3.05) is 13.2 Å². The van der Waals surface area contributed by atoms with Gasteiger partial charge in [-0.1, -0.05) is 19.4 Å². The third-order valence-electron chi connectivity index (χ3n) is 2.91. The van der Waals surface area contributed by atoms with Crippen LogP contribution in [0.1, 0.15) is 31.7 Å². The molecule has 100 valence electrons. The molecule has 1 aromatic heterocycles. The van der Waals surface area contributed by atoms with Crippen LogP contribution in [0.3, 0.4) is 0 Å². The van der Waals surface area contributed by atoms with Gasteiger partial charge in [-0.25, -0.2) is 0 Å². The van der Waals surface area contributed by atoms with Crippen LogP contribution in [0.2, 0.25) is 0 Å². The van der Waals surface area contributed by atoms with E-state index in [1.807, 2.05) is 12.1 Å². The van der Waals surface area contributed by atoms with Crippen LogP contribution >= 0.6 is 0 Å². The van der Waals surface area contributed by atoms with Gasteiger partial charge in [0.1, 0.15) is 0 Å². The van der Waals surface area contributed by atoms with Crippen molar-refractivity contribution >= 4 is 5.91 Å². The minimum absolute atomic E-state index is 0.0158. The van der Waals surface area contributed by atoms with E-state index in [2.05, 4.69) is 17.2 Å². The number of nitrogens with zero attached hydrogens (tertiary/aromatic N) is 1. The molecule has 18 heavy (non-hydrogen) atoms. The molecule has 0 spiro atoms. The Balaban J connectivity index is 2.31. The van der Waals surface area contributed by atoms with E-state index in [0.29, 0.717) is 18.9 Å². The maximum Gasteiger partial charge on any atom is 0.224 e. The standard InChI is InChI=1S/C14H22N2O2/c1-2-4-12(6-8-17)11-16-14(18)9-13-5-3-7-15-10-13/h3,5,7,10,12,17H,2,4,6,8-9,11H2,1H3,(H,16,18). The molecule has 1 unspecified atom stereocenters. The van der Waals surface area contributed by atoms with Crippen molar-refractivity contribution in [3.8, 4) is 0 Å². The summed E-state index contributed by atoms with van der Waals surface area (Å²) in [5, 5.41) is 11.9. The van der Waals surface area contributed by atoms with E-state index >= 15 is 0 Å². The van der Waals surface area contributed by atoms with E-state index in [1.165, 1.54) is 0 Å². The topological polar surface area (TPSA) is 62.2 Å². The Morgan fingerprint density at radius 1 is 1.50 bits per heavy atom. The van der Waals surface area contributed by atoms with Gasteiger partial charge in [-0.3, -0.25) is 9.78 Å². The Labute approximate surface area is 108 Å². The molecule has 4 heteroatoms. The van der Waals surface area contributed by atoms with E-state index in [4.69, 9.17) is 5.11 Å². The number of hydrogen-bond donors (Lipinski definition) is 2. The number of amides is 1. The Bertz CT molecular complexity index is 335. The molecule has 0 aliphatic heterocycles. The van der Waals surface area contributed by atoms with Crippen LogP contribution in [-0.4, -0.2) is 29.1 Å². The summed E-state index contributed by atoms with van der Waals surface area (Å²) in [7, 11) is 0. The number of hydrogen-bond acceptors (Lipinski definition) is 3. The molecular weight excluding hydrogens is 228 g/mol. The van der Waals surface area contributed by atoms with Crippen LogP contribution in [0.5, 0.6) is 0 Å². The second-order valence-electron chi connectivity index (χ2n) is 4.51. The summed E-state index contributed by atoms with van der Waals surface area (Å²) < 4.78 is 0. The summed E-state index contributed by atoms with van der Waals surface area (Å²) in [4.78, 5) is 15.7. The second kappa shape index (κ2) is 8.64. The summed E-state index contributed by atoms with van der Waals surface area (Å²) >= 11 is 0. The van der Waals surface area contributed by atoms with Crippen LogP contribution in [0.25, 0.3) is 0 Å². The highest BCUT2D eigenvalue weighted by molar-refractivity contribution is 5.78. The van der Waals surface area contributed by atoms with E-state index in [9.17, 15) is 4.79 Å². The number of aromatic nitrogens is 1. The van der Waals surface area contributed by atoms with Crippen molar-refractivity contribution in [3.63, 3.8) is 0 Å². The van der Waals surface area contributed by atoms with Crippen molar-refractivity contribution in [1.29, 1.82) is 0 Å². The molecule has 0 saturated carbocycles. The zero-order valence-corrected chi connectivity index (χ0v) is 10.9. The number of rotatable bonds is 8. The van der Waals surface area contributed by atoms with Crippen molar-refractivity contribution in [2.45, 2.75) is 32.6 Å². The zero-order chi connectivity index (χ0) is 13.2. The maximum atomic E-state index is 11.7. The third-order valence-corrected chi connectivity index (χ3v) is 2.91. The fourth-order valence-corrected chi connectivity index (χ4v) is 1.95. The van der Waals surface area contributed by atoms with Crippen molar-refractivity contribution in [3.05, 3.63) is 30.1 Å². The average molecular weight is 250 g/mol. The fourth-order valence-electron chi connectivity index (χ4n) is 1.95. The number of carbonyl (C=O) groups excluding carboxylic acids is 1. The van der Waals surface area contributed by atoms with Crippen molar-refractivity contribution in [1.82, 2.24) is 10.3 Å². The molecule has 1 rings (SSSR count). The molecule has 0 aliphatic carbocycles. The molecule has 2 N–H and O–H groups in total. The van der Waals surface area contributed by atoms with Crippen LogP contribution in [0, 0.1) is 5.92 Å². The highest BCUT2D eigenvalue weighted by Crippen LogP contribution is 2.09. The minimum Gasteiger partial charge on any atom is -0.396 e. The number of carbonyl (C=O) groups is 1. The van der Waals surface area contributed by atoms with Crippen molar-refractivity contribution < 1.29 is 9.90 Å². The predicted octanol–water partition coefficient (Wildman–Crippen LogP) is 1.54. The highest BCUT2D eigenvalue weighted by atomic mass is 16.3. The number of aliphatic hydroxyl groups excluding tert-OH is 1. The molecule has 0 bridgehead atoms. The lowest BCUT2D eigenvalue weighted by atomic mass is 10.00. The van der Waals surface area contributed by atoms with Gasteiger partial charge in [-0.15, -0.1) is 0 Å². The average Bonchev–Trinajstić information content (AvgIpc) is 2.38. The van der Waals surface area contributed by atoms with Gasteiger partial charge in [0.15, 0.2) is 0 Å². The van der Waals surface area contributed by atoms with Crippen molar-refractivity contribution in [2.24, 2.45) is 5.92 Å². The quantitative estimate of drug-likeness (QED) is 0.735. The van der Waals surface area contributed by atoms with Gasteiger partial charge < -0.3 is 10.4 Å². The van der Waals surface area contributed by atoms with Gasteiger partial charge >= 0.3 is 0 Å². The summed E-state index contributed by atoms with van der Waals surface area (Å²) in [6.07, 6.45) is 6.63. The summed E-state index contributed by atoms with van der Waals surface area (Å²) in [6.45, 7) is 2.94. The van der Waals surface area contributed by atoms with Gasteiger partial charge in [0.25, 0.3) is 0 Å². The first-order valence-electron chi connectivity index (χ1n) is 6.52. The van der Waals surface area contributed by atoms with Gasteiger partial charge in [-0.2, -0.15) is 0 Å². The van der Waals surface area contributed by atoms with E-state index in [-0.39, 0.29) is 12.5 Å². The minimum atomic E-state index is 0.0158. The second-order valence-corrected chi connectivity index (χ2v) is 4.51. The Kier molecular flexibility index (Phi) is 7.03. The lowest BCUT2D eigenvalue weighted by molar-refractivity contribution is -0.120. The Morgan fingerprint density at radius 2 is 2.33 bits per heavy atom. The normalized spacial score (nSPS) is 12.1. The summed E-state index contributed by atoms with van der Waals surface area (Å²) in [5.41, 5.74) is 0.921. The Hall–Kier alpha value is -1.42. The molecule has 0 radical (unpaired) electrons. The van der Waals surface area contributed by atoms with E-state index in [1.54, 1.807) is 12.4 Å². The van der Waals surface area contributed by atoms with Gasteiger partial charge in [0.2, 0.25) is 5.91 Å². The van der Waals surface area contributed by atoms with Gasteiger partial charge in [0.05, 0.1) is 6.42 Å². The first-order valence-corrected chi connectivity index (χ1v) is 6.52. The molecule has 1 amide bonds.